The fraction of sp³-hybridized carbons (Fsp3) is 0.579. The molecule has 0 aliphatic heterocycles. The van der Waals surface area contributed by atoms with E-state index in [4.69, 9.17) is 8.94 Å². The molecule has 0 bridgehead atoms. The zero-order chi connectivity index (χ0) is 18.2. The van der Waals surface area contributed by atoms with Gasteiger partial charge in [0, 0.05) is 18.5 Å². The maximum Gasteiger partial charge on any atom is 0.192 e. The number of rotatable bonds is 8. The van der Waals surface area contributed by atoms with Crippen LogP contribution in [0.25, 0.3) is 0 Å². The van der Waals surface area contributed by atoms with Crippen molar-refractivity contribution >= 4 is 29.9 Å². The summed E-state index contributed by atoms with van der Waals surface area (Å²) < 4.78 is 11.1. The molecule has 0 aliphatic carbocycles. The van der Waals surface area contributed by atoms with E-state index in [1.54, 1.807) is 0 Å². The molecule has 0 spiro atoms. The minimum Gasteiger partial charge on any atom is -0.464 e. The molecule has 0 aliphatic rings. The van der Waals surface area contributed by atoms with Crippen molar-refractivity contribution < 1.29 is 8.94 Å². The van der Waals surface area contributed by atoms with Crippen molar-refractivity contribution in [1.29, 1.82) is 0 Å². The smallest absolute Gasteiger partial charge is 0.192 e. The number of hydrogen-bond acceptors (Lipinski definition) is 4. The first-order chi connectivity index (χ1) is 12.1. The summed E-state index contributed by atoms with van der Waals surface area (Å²) in [6, 6.07) is 5.99. The van der Waals surface area contributed by atoms with Crippen molar-refractivity contribution in [2.75, 3.05) is 6.54 Å². The van der Waals surface area contributed by atoms with Gasteiger partial charge in [-0.25, -0.2) is 4.99 Å². The van der Waals surface area contributed by atoms with E-state index in [2.05, 4.69) is 34.6 Å². The number of aryl methyl sites for hydroxylation is 1. The van der Waals surface area contributed by atoms with Crippen LogP contribution in [0.15, 0.2) is 32.1 Å². The van der Waals surface area contributed by atoms with E-state index in [0.29, 0.717) is 12.5 Å². The lowest BCUT2D eigenvalue weighted by molar-refractivity contribution is 0.372. The Balaban J connectivity index is 0.00000338. The summed E-state index contributed by atoms with van der Waals surface area (Å²) in [5.41, 5.74) is 1.02. The molecule has 2 heterocycles. The molecule has 2 aromatic rings. The van der Waals surface area contributed by atoms with Crippen LogP contribution in [0.3, 0.4) is 0 Å². The number of halogens is 1. The Morgan fingerprint density at radius 1 is 1.23 bits per heavy atom. The molecule has 0 radical (unpaired) electrons. The highest BCUT2D eigenvalue weighted by Gasteiger charge is 2.14. The van der Waals surface area contributed by atoms with E-state index in [9.17, 15) is 0 Å². The number of aliphatic imine (C=N–C) groups is 1. The SMILES string of the molecule is CCNC(=NCc1cc(C(CC)CC)no1)NC(C)c1ccc(C)o1.I. The maximum absolute atomic E-state index is 5.67. The summed E-state index contributed by atoms with van der Waals surface area (Å²) >= 11 is 0. The van der Waals surface area contributed by atoms with E-state index in [1.165, 1.54) is 0 Å². The van der Waals surface area contributed by atoms with E-state index in [-0.39, 0.29) is 30.0 Å². The van der Waals surface area contributed by atoms with Crippen LogP contribution in [0.1, 0.15) is 75.5 Å². The van der Waals surface area contributed by atoms with Gasteiger partial charge in [0.15, 0.2) is 11.7 Å². The molecule has 1 atom stereocenters. The number of guanidine groups is 1. The predicted octanol–water partition coefficient (Wildman–Crippen LogP) is 4.91. The quantitative estimate of drug-likeness (QED) is 0.323. The average molecular weight is 474 g/mol. The van der Waals surface area contributed by atoms with Gasteiger partial charge in [-0.2, -0.15) is 0 Å². The van der Waals surface area contributed by atoms with Gasteiger partial charge in [-0.3, -0.25) is 0 Å². The first-order valence-corrected chi connectivity index (χ1v) is 9.13. The molecule has 0 aromatic carbocycles. The Morgan fingerprint density at radius 3 is 2.54 bits per heavy atom. The van der Waals surface area contributed by atoms with Crippen LogP contribution in [-0.2, 0) is 6.54 Å². The monoisotopic (exact) mass is 474 g/mol. The van der Waals surface area contributed by atoms with Gasteiger partial charge < -0.3 is 19.6 Å². The molecule has 7 heteroatoms. The molecule has 0 saturated carbocycles. The number of aromatic nitrogens is 1. The molecule has 0 fully saturated rings. The van der Waals surface area contributed by atoms with Gasteiger partial charge in [-0.05, 0) is 45.7 Å². The fourth-order valence-electron chi connectivity index (χ4n) is 2.74. The Morgan fingerprint density at radius 2 is 1.96 bits per heavy atom. The third kappa shape index (κ3) is 6.34. The summed E-state index contributed by atoms with van der Waals surface area (Å²) in [5.74, 6) is 3.75. The predicted molar refractivity (Wildman–Crippen MR) is 115 cm³/mol. The van der Waals surface area contributed by atoms with Crippen molar-refractivity contribution in [3.63, 3.8) is 0 Å². The Labute approximate surface area is 173 Å². The third-order valence-electron chi connectivity index (χ3n) is 4.26. The average Bonchev–Trinajstić information content (AvgIpc) is 3.23. The summed E-state index contributed by atoms with van der Waals surface area (Å²) in [6.45, 7) is 11.6. The highest BCUT2D eigenvalue weighted by molar-refractivity contribution is 14.0. The fourth-order valence-corrected chi connectivity index (χ4v) is 2.74. The number of nitrogens with one attached hydrogen (secondary N) is 2. The molecule has 26 heavy (non-hydrogen) atoms. The zero-order valence-electron chi connectivity index (χ0n) is 16.3. The van der Waals surface area contributed by atoms with E-state index in [1.807, 2.05) is 39.0 Å². The first-order valence-electron chi connectivity index (χ1n) is 9.13. The molecule has 0 saturated heterocycles. The van der Waals surface area contributed by atoms with Gasteiger partial charge in [0.05, 0.1) is 11.7 Å². The summed E-state index contributed by atoms with van der Waals surface area (Å²) in [4.78, 5) is 4.60. The van der Waals surface area contributed by atoms with E-state index in [0.717, 1.165) is 48.3 Å². The second-order valence-electron chi connectivity index (χ2n) is 6.24. The standard InChI is InChI=1S/C19H30N4O2.HI/c1-6-15(7-2)17-11-16(25-23-17)12-21-19(20-8-3)22-14(5)18-10-9-13(4)24-18;/h9-11,14-15H,6-8,12H2,1-5H3,(H2,20,21,22);1H. The number of nitrogens with zero attached hydrogens (tertiary/aromatic N) is 2. The van der Waals surface area contributed by atoms with Crippen LogP contribution in [-0.4, -0.2) is 17.7 Å². The molecular formula is C19H31IN4O2. The molecule has 2 aromatic heterocycles. The second kappa shape index (κ2) is 11.3. The van der Waals surface area contributed by atoms with Gasteiger partial charge in [-0.15, -0.1) is 24.0 Å². The third-order valence-corrected chi connectivity index (χ3v) is 4.26. The molecule has 2 rings (SSSR count). The Kier molecular flexibility index (Phi) is 9.75. The number of furan rings is 1. The van der Waals surface area contributed by atoms with Crippen molar-refractivity contribution in [2.45, 2.75) is 66.0 Å². The van der Waals surface area contributed by atoms with Crippen LogP contribution in [0.4, 0.5) is 0 Å². The minimum absolute atomic E-state index is 0. The van der Waals surface area contributed by atoms with Gasteiger partial charge in [0.1, 0.15) is 18.1 Å². The van der Waals surface area contributed by atoms with Crippen LogP contribution < -0.4 is 10.6 Å². The molecular weight excluding hydrogens is 443 g/mol. The lowest BCUT2D eigenvalue weighted by Crippen LogP contribution is -2.38. The van der Waals surface area contributed by atoms with Gasteiger partial charge in [0.2, 0.25) is 0 Å². The molecule has 1 unspecified atom stereocenters. The van der Waals surface area contributed by atoms with Crippen LogP contribution in [0.5, 0.6) is 0 Å². The van der Waals surface area contributed by atoms with Crippen LogP contribution in [0, 0.1) is 6.92 Å². The van der Waals surface area contributed by atoms with Crippen molar-refractivity contribution in [3.05, 3.63) is 41.2 Å². The maximum atomic E-state index is 5.67. The van der Waals surface area contributed by atoms with Crippen LogP contribution in [0.2, 0.25) is 0 Å². The Bertz CT molecular complexity index is 677. The summed E-state index contributed by atoms with van der Waals surface area (Å²) in [5, 5.41) is 10.8. The van der Waals surface area contributed by atoms with E-state index < -0.39 is 0 Å². The van der Waals surface area contributed by atoms with E-state index >= 15 is 0 Å². The molecule has 6 nitrogen and oxygen atoms in total. The van der Waals surface area contributed by atoms with Crippen molar-refractivity contribution in [2.24, 2.45) is 4.99 Å². The van der Waals surface area contributed by atoms with Crippen LogP contribution >= 0.6 is 24.0 Å². The van der Waals surface area contributed by atoms with Gasteiger partial charge in [-0.1, -0.05) is 19.0 Å². The topological polar surface area (TPSA) is 75.6 Å². The molecule has 146 valence electrons. The summed E-state index contributed by atoms with van der Waals surface area (Å²) in [7, 11) is 0. The van der Waals surface area contributed by atoms with Gasteiger partial charge in [0.25, 0.3) is 0 Å². The first kappa shape index (κ1) is 22.5. The van der Waals surface area contributed by atoms with Crippen molar-refractivity contribution in [3.8, 4) is 0 Å². The molecule has 0 amide bonds. The second-order valence-corrected chi connectivity index (χ2v) is 6.24. The Hall–Kier alpha value is -1.51. The zero-order valence-corrected chi connectivity index (χ0v) is 18.7. The summed E-state index contributed by atoms with van der Waals surface area (Å²) in [6.07, 6.45) is 2.13. The molecule has 2 N–H and O–H groups in total. The number of hydrogen-bond donors (Lipinski definition) is 2. The largest absolute Gasteiger partial charge is 0.464 e. The lowest BCUT2D eigenvalue weighted by Gasteiger charge is -2.15. The highest BCUT2D eigenvalue weighted by Crippen LogP contribution is 2.22. The minimum atomic E-state index is 0. The lowest BCUT2D eigenvalue weighted by atomic mass is 9.99. The normalized spacial score (nSPS) is 12.8. The van der Waals surface area contributed by atoms with Crippen molar-refractivity contribution in [1.82, 2.24) is 15.8 Å². The van der Waals surface area contributed by atoms with Gasteiger partial charge >= 0.3 is 0 Å². The highest BCUT2D eigenvalue weighted by atomic mass is 127.